The highest BCUT2D eigenvalue weighted by atomic mass is 32.2. The summed E-state index contributed by atoms with van der Waals surface area (Å²) in [5.74, 6) is -0.177. The number of rotatable bonds is 11. The van der Waals surface area contributed by atoms with E-state index in [0.29, 0.717) is 28.0 Å². The first-order valence-electron chi connectivity index (χ1n) is 14.3. The number of carbonyl (C=O) groups excluding carboxylic acids is 1. The van der Waals surface area contributed by atoms with Crippen LogP contribution in [0.5, 0.6) is 11.5 Å². The summed E-state index contributed by atoms with van der Waals surface area (Å²) >= 11 is 1.18. The van der Waals surface area contributed by atoms with Crippen LogP contribution in [0.15, 0.2) is 77.1 Å². The molecule has 1 N–H and O–H groups in total. The average molecular weight is 691 g/mol. The van der Waals surface area contributed by atoms with Crippen molar-refractivity contribution in [2.45, 2.75) is 40.0 Å². The molecule has 0 amide bonds. The van der Waals surface area contributed by atoms with Gasteiger partial charge in [-0.1, -0.05) is 38.1 Å². The summed E-state index contributed by atoms with van der Waals surface area (Å²) in [6.45, 7) is 7.32. The molecule has 0 radical (unpaired) electrons. The third-order valence-electron chi connectivity index (χ3n) is 6.49. The Morgan fingerprint density at radius 2 is 1.65 bits per heavy atom. The number of aryl methyl sites for hydroxylation is 2. The highest BCUT2D eigenvalue weighted by Gasteiger charge is 2.61. The minimum Gasteiger partial charge on any atom is -0.497 e. The first kappa shape index (κ1) is 35.9. The zero-order valence-corrected chi connectivity index (χ0v) is 27.2. The standard InChI is InChI=1S/C32H31F5N6O4S/c1-19(2)29(44)46-18-48-30(40-27-20(3)14-26(45-5)15-21(27)4)41-39-16-22-6-8-23(9-7-22)28-38-17-43(42-28)24-10-12-25(13-11-24)47-32(36,37)31(33,34)35/h6-17,19H,18H2,1-5H3,(H,40,41)/b39-16-. The molecule has 1 heterocycles. The molecule has 48 heavy (non-hydrogen) atoms. The van der Waals surface area contributed by atoms with Gasteiger partial charge in [-0.15, -0.1) is 5.10 Å². The molecule has 0 aliphatic rings. The number of amidine groups is 1. The molecule has 3 aromatic carbocycles. The Kier molecular flexibility index (Phi) is 11.4. The number of nitrogens with zero attached hydrogens (tertiary/aromatic N) is 5. The molecule has 0 aliphatic heterocycles. The highest BCUT2D eigenvalue weighted by molar-refractivity contribution is 8.13. The monoisotopic (exact) mass is 690 g/mol. The van der Waals surface area contributed by atoms with Gasteiger partial charge in [0.25, 0.3) is 0 Å². The number of esters is 1. The van der Waals surface area contributed by atoms with Crippen molar-refractivity contribution < 1.29 is 41.0 Å². The van der Waals surface area contributed by atoms with Crippen molar-refractivity contribution in [3.63, 3.8) is 0 Å². The molecule has 4 rings (SSSR count). The number of halogens is 5. The van der Waals surface area contributed by atoms with E-state index in [9.17, 15) is 26.7 Å². The molecule has 0 saturated heterocycles. The van der Waals surface area contributed by atoms with E-state index >= 15 is 0 Å². The van der Waals surface area contributed by atoms with Crippen LogP contribution in [-0.2, 0) is 9.53 Å². The Bertz CT molecular complexity index is 1750. The summed E-state index contributed by atoms with van der Waals surface area (Å²) < 4.78 is 79.4. The second-order valence-electron chi connectivity index (χ2n) is 10.5. The first-order valence-corrected chi connectivity index (χ1v) is 15.2. The maximum atomic E-state index is 13.2. The number of alkyl halides is 5. The smallest absolute Gasteiger partial charge is 0.497 e. The Morgan fingerprint density at radius 1 is 1.00 bits per heavy atom. The van der Waals surface area contributed by atoms with Crippen LogP contribution in [0, 0.1) is 19.8 Å². The number of hydrogen-bond donors (Lipinski definition) is 1. The Labute approximate surface area is 277 Å². The quantitative estimate of drug-likeness (QED) is 0.0428. The lowest BCUT2D eigenvalue weighted by Crippen LogP contribution is -2.41. The van der Waals surface area contributed by atoms with Crippen molar-refractivity contribution in [1.82, 2.24) is 20.2 Å². The number of ether oxygens (including phenoxy) is 3. The van der Waals surface area contributed by atoms with E-state index in [1.807, 2.05) is 26.0 Å². The molecule has 0 spiro atoms. The number of aromatic nitrogens is 3. The largest absolute Gasteiger partial charge is 0.499 e. The summed E-state index contributed by atoms with van der Waals surface area (Å²) in [6.07, 6.45) is -8.22. The third-order valence-corrected chi connectivity index (χ3v) is 7.19. The molecular formula is C32H31F5N6O4S. The summed E-state index contributed by atoms with van der Waals surface area (Å²) in [6, 6.07) is 15.3. The maximum Gasteiger partial charge on any atom is 0.499 e. The van der Waals surface area contributed by atoms with Crippen LogP contribution in [0.2, 0.25) is 0 Å². The number of hydrazone groups is 1. The van der Waals surface area contributed by atoms with E-state index in [1.54, 1.807) is 51.4 Å². The summed E-state index contributed by atoms with van der Waals surface area (Å²) in [5, 5.41) is 9.06. The van der Waals surface area contributed by atoms with Gasteiger partial charge in [0, 0.05) is 5.56 Å². The lowest BCUT2D eigenvalue weighted by atomic mass is 10.1. The Hall–Kier alpha value is -4.99. The lowest BCUT2D eigenvalue weighted by molar-refractivity contribution is -0.360. The van der Waals surface area contributed by atoms with Crippen molar-refractivity contribution >= 4 is 34.8 Å². The summed E-state index contributed by atoms with van der Waals surface area (Å²) in [7, 11) is 1.59. The molecule has 16 heteroatoms. The van der Waals surface area contributed by atoms with Gasteiger partial charge in [0.15, 0.2) is 11.0 Å². The lowest BCUT2D eigenvalue weighted by Gasteiger charge is -2.20. The first-order chi connectivity index (χ1) is 22.7. The number of hydrogen-bond acceptors (Lipinski definition) is 9. The molecular weight excluding hydrogens is 659 g/mol. The third kappa shape index (κ3) is 9.30. The van der Waals surface area contributed by atoms with Crippen LogP contribution in [0.1, 0.15) is 30.5 Å². The molecule has 4 aromatic rings. The fraction of sp³-hybridized carbons (Fsp3) is 0.281. The predicted octanol–water partition coefficient (Wildman–Crippen LogP) is 7.59. The fourth-order valence-electron chi connectivity index (χ4n) is 3.98. The van der Waals surface area contributed by atoms with Gasteiger partial charge in [-0.2, -0.15) is 27.1 Å². The van der Waals surface area contributed by atoms with E-state index in [2.05, 4.69) is 25.3 Å². The van der Waals surface area contributed by atoms with Gasteiger partial charge in [-0.05, 0) is 78.7 Å². The average Bonchev–Trinajstić information content (AvgIpc) is 3.52. The number of methoxy groups -OCH3 is 1. The molecule has 254 valence electrons. The molecule has 0 aliphatic carbocycles. The molecule has 1 aromatic heterocycles. The summed E-state index contributed by atoms with van der Waals surface area (Å²) in [5.41, 5.74) is 7.16. The van der Waals surface area contributed by atoms with Gasteiger partial charge in [-0.3, -0.25) is 10.2 Å². The van der Waals surface area contributed by atoms with Crippen LogP contribution >= 0.6 is 11.8 Å². The van der Waals surface area contributed by atoms with Gasteiger partial charge >= 0.3 is 18.3 Å². The highest BCUT2D eigenvalue weighted by Crippen LogP contribution is 2.37. The van der Waals surface area contributed by atoms with Gasteiger partial charge in [0.05, 0.1) is 30.6 Å². The molecule has 0 bridgehead atoms. The fourth-order valence-corrected chi connectivity index (χ4v) is 4.54. The van der Waals surface area contributed by atoms with Gasteiger partial charge in [-0.25, -0.2) is 14.7 Å². The maximum absolute atomic E-state index is 13.2. The minimum absolute atomic E-state index is 0.0346. The van der Waals surface area contributed by atoms with E-state index in [-0.39, 0.29) is 17.8 Å². The Morgan fingerprint density at radius 3 is 2.23 bits per heavy atom. The second kappa shape index (κ2) is 15.3. The van der Waals surface area contributed by atoms with Crippen molar-refractivity contribution in [3.05, 3.63) is 83.7 Å². The van der Waals surface area contributed by atoms with E-state index in [1.165, 1.54) is 34.9 Å². The molecule has 0 atom stereocenters. The second-order valence-corrected chi connectivity index (χ2v) is 11.4. The van der Waals surface area contributed by atoms with Crippen molar-refractivity contribution in [1.29, 1.82) is 0 Å². The summed E-state index contributed by atoms with van der Waals surface area (Å²) in [4.78, 5) is 20.9. The molecule has 0 saturated carbocycles. The van der Waals surface area contributed by atoms with Crippen molar-refractivity contribution in [2.24, 2.45) is 16.0 Å². The van der Waals surface area contributed by atoms with Crippen LogP contribution in [-0.4, -0.2) is 57.4 Å². The molecule has 0 unspecified atom stereocenters. The number of nitrogens with one attached hydrogen (secondary N) is 1. The van der Waals surface area contributed by atoms with Gasteiger partial charge in [0.2, 0.25) is 0 Å². The van der Waals surface area contributed by atoms with E-state index in [0.717, 1.165) is 34.5 Å². The SMILES string of the molecule is COc1cc(C)c(N=C(N/N=C\c2ccc(-c3ncn(-c4ccc(OC(F)(F)C(F)(F)F)cc4)n3)cc2)SCOC(=O)C(C)C)c(C)c1. The Balaban J connectivity index is 1.43. The van der Waals surface area contributed by atoms with Crippen LogP contribution in [0.4, 0.5) is 27.6 Å². The van der Waals surface area contributed by atoms with Crippen molar-refractivity contribution in [3.8, 4) is 28.6 Å². The predicted molar refractivity (Wildman–Crippen MR) is 172 cm³/mol. The number of carbonyl (C=O) groups is 1. The number of aliphatic imine (C=N–C) groups is 1. The zero-order valence-electron chi connectivity index (χ0n) is 26.4. The normalized spacial score (nSPS) is 12.4. The minimum atomic E-state index is -5.85. The van der Waals surface area contributed by atoms with Crippen molar-refractivity contribution in [2.75, 3.05) is 13.0 Å². The zero-order chi connectivity index (χ0) is 35.1. The molecule has 10 nitrogen and oxygen atoms in total. The topological polar surface area (TPSA) is 112 Å². The molecule has 0 fully saturated rings. The number of thioether (sulfide) groups is 1. The van der Waals surface area contributed by atoms with Gasteiger partial charge in [0.1, 0.15) is 23.8 Å². The van der Waals surface area contributed by atoms with Crippen LogP contribution in [0.3, 0.4) is 0 Å². The van der Waals surface area contributed by atoms with Gasteiger partial charge < -0.3 is 14.2 Å². The van der Waals surface area contributed by atoms with Crippen LogP contribution in [0.25, 0.3) is 17.1 Å². The number of benzene rings is 3. The van der Waals surface area contributed by atoms with Crippen LogP contribution < -0.4 is 14.9 Å². The van der Waals surface area contributed by atoms with E-state index in [4.69, 9.17) is 14.5 Å². The van der Waals surface area contributed by atoms with E-state index < -0.39 is 18.0 Å².